The monoisotopic (exact) mass is 494 g/mol. The second kappa shape index (κ2) is 11.9. The van der Waals surface area contributed by atoms with Crippen molar-refractivity contribution >= 4 is 34.2 Å². The van der Waals surface area contributed by atoms with Crippen LogP contribution in [0.5, 0.6) is 0 Å². The van der Waals surface area contributed by atoms with Gasteiger partial charge in [0.2, 0.25) is 0 Å². The molecule has 0 unspecified atom stereocenters. The summed E-state index contributed by atoms with van der Waals surface area (Å²) in [4.78, 5) is 16.4. The van der Waals surface area contributed by atoms with Crippen LogP contribution in [0.15, 0.2) is 152 Å². The maximum atomic E-state index is 11.9. The Morgan fingerprint density at radius 1 is 0.526 bits per heavy atom. The number of rotatable bonds is 10. The van der Waals surface area contributed by atoms with Crippen LogP contribution < -0.4 is 9.80 Å². The van der Waals surface area contributed by atoms with Crippen molar-refractivity contribution < 1.29 is 4.79 Å². The van der Waals surface area contributed by atoms with Gasteiger partial charge >= 0.3 is 0 Å². The molecule has 0 radical (unpaired) electrons. The van der Waals surface area contributed by atoms with Gasteiger partial charge in [0.15, 0.2) is 5.78 Å². The Hall–Kier alpha value is -4.89. The van der Waals surface area contributed by atoms with E-state index in [0.717, 1.165) is 39.6 Å². The first kappa shape index (κ1) is 24.8. The second-order valence-electron chi connectivity index (χ2n) is 9.01. The fourth-order valence-corrected chi connectivity index (χ4v) is 4.58. The average Bonchev–Trinajstić information content (AvgIpc) is 3.00. The van der Waals surface area contributed by atoms with Crippen LogP contribution in [0.3, 0.4) is 0 Å². The van der Waals surface area contributed by atoms with Crippen LogP contribution in [0.1, 0.15) is 6.42 Å². The van der Waals surface area contributed by atoms with Crippen LogP contribution in [0.4, 0.5) is 28.4 Å². The number of nitrogens with zero attached hydrogens (tertiary/aromatic N) is 2. The van der Waals surface area contributed by atoms with E-state index in [1.54, 1.807) is 0 Å². The first-order valence-electron chi connectivity index (χ1n) is 12.8. The Kier molecular flexibility index (Phi) is 7.76. The topological polar surface area (TPSA) is 23.6 Å². The Morgan fingerprint density at radius 2 is 0.895 bits per heavy atom. The third-order valence-electron chi connectivity index (χ3n) is 6.54. The van der Waals surface area contributed by atoms with Crippen LogP contribution in [-0.2, 0) is 4.79 Å². The van der Waals surface area contributed by atoms with E-state index >= 15 is 0 Å². The van der Waals surface area contributed by atoms with Gasteiger partial charge in [0.1, 0.15) is 0 Å². The fourth-order valence-electron chi connectivity index (χ4n) is 4.58. The molecule has 0 aliphatic rings. The highest BCUT2D eigenvalue weighted by Crippen LogP contribution is 2.35. The fraction of sp³-hybridized carbons (Fsp3) is 0.0571. The normalized spacial score (nSPS) is 10.5. The smallest absolute Gasteiger partial charge is 0.156 e. The lowest BCUT2D eigenvalue weighted by atomic mass is 10.0. The van der Waals surface area contributed by atoms with E-state index in [9.17, 15) is 4.79 Å². The quantitative estimate of drug-likeness (QED) is 0.181. The summed E-state index contributed by atoms with van der Waals surface area (Å²) in [5, 5.41) is 0. The van der Waals surface area contributed by atoms with E-state index < -0.39 is 0 Å². The molecule has 38 heavy (non-hydrogen) atoms. The van der Waals surface area contributed by atoms with Crippen LogP contribution >= 0.6 is 0 Å². The van der Waals surface area contributed by atoms with Crippen molar-refractivity contribution in [3.05, 3.63) is 152 Å². The predicted octanol–water partition coefficient (Wildman–Crippen LogP) is 9.11. The van der Waals surface area contributed by atoms with Crippen molar-refractivity contribution in [2.75, 3.05) is 16.3 Å². The molecule has 0 N–H and O–H groups in total. The first-order chi connectivity index (χ1) is 18.7. The van der Waals surface area contributed by atoms with Gasteiger partial charge in [-0.05, 0) is 77.9 Å². The number of anilines is 5. The minimum atomic E-state index is 0.0442. The summed E-state index contributed by atoms with van der Waals surface area (Å²) in [6.07, 6.45) is 1.81. The zero-order valence-electron chi connectivity index (χ0n) is 21.3. The number of benzene rings is 5. The van der Waals surface area contributed by atoms with E-state index in [2.05, 4.69) is 126 Å². The van der Waals surface area contributed by atoms with Gasteiger partial charge in [-0.15, -0.1) is 0 Å². The number of ketones is 1. The number of carbonyl (C=O) groups excluding carboxylic acids is 1. The molecule has 5 aromatic carbocycles. The van der Waals surface area contributed by atoms with E-state index in [1.807, 2.05) is 30.3 Å². The van der Waals surface area contributed by atoms with Gasteiger partial charge in [0.25, 0.3) is 0 Å². The molecule has 0 saturated heterocycles. The summed E-state index contributed by atoms with van der Waals surface area (Å²) in [6, 6.07) is 48.2. The minimum Gasteiger partial charge on any atom is -0.341 e. The van der Waals surface area contributed by atoms with E-state index in [4.69, 9.17) is 0 Å². The zero-order chi connectivity index (χ0) is 26.2. The Labute approximate surface area is 224 Å². The van der Waals surface area contributed by atoms with Crippen molar-refractivity contribution in [2.45, 2.75) is 6.42 Å². The van der Waals surface area contributed by atoms with Crippen molar-refractivity contribution in [2.24, 2.45) is 0 Å². The van der Waals surface area contributed by atoms with Gasteiger partial charge in [-0.3, -0.25) is 4.79 Å². The molecule has 0 bridgehead atoms. The molecule has 0 heterocycles. The van der Waals surface area contributed by atoms with Crippen LogP contribution in [0, 0.1) is 0 Å². The van der Waals surface area contributed by atoms with E-state index in [0.29, 0.717) is 13.0 Å². The van der Waals surface area contributed by atoms with Gasteiger partial charge in [-0.2, -0.15) is 0 Å². The maximum absolute atomic E-state index is 11.9. The number of hydrogen-bond acceptors (Lipinski definition) is 3. The Morgan fingerprint density at radius 3 is 1.34 bits per heavy atom. The molecule has 3 heteroatoms. The van der Waals surface area contributed by atoms with Crippen LogP contribution in [0.25, 0.3) is 11.1 Å². The molecule has 0 amide bonds. The molecule has 0 aliphatic carbocycles. The molecule has 3 nitrogen and oxygen atoms in total. The molecule has 0 spiro atoms. The van der Waals surface area contributed by atoms with Crippen molar-refractivity contribution in [1.82, 2.24) is 0 Å². The molecule has 0 atom stereocenters. The predicted molar refractivity (Wildman–Crippen MR) is 160 cm³/mol. The molecule has 0 fully saturated rings. The van der Waals surface area contributed by atoms with Crippen molar-refractivity contribution in [3.63, 3.8) is 0 Å². The molecule has 0 saturated carbocycles. The Bertz CT molecular complexity index is 1420. The number of hydrogen-bond donors (Lipinski definition) is 0. The largest absolute Gasteiger partial charge is 0.341 e. The van der Waals surface area contributed by atoms with Crippen LogP contribution in [0.2, 0.25) is 0 Å². The minimum absolute atomic E-state index is 0.0442. The summed E-state index contributed by atoms with van der Waals surface area (Å²) in [5.74, 6) is 0.0442. The van der Waals surface area contributed by atoms with Gasteiger partial charge in [-0.25, -0.2) is 0 Å². The molecule has 0 aromatic heterocycles. The number of allylic oxidation sites excluding steroid dienone is 1. The summed E-state index contributed by atoms with van der Waals surface area (Å²) >= 11 is 0. The lowest BCUT2D eigenvalue weighted by Gasteiger charge is -2.26. The maximum Gasteiger partial charge on any atom is 0.156 e. The summed E-state index contributed by atoms with van der Waals surface area (Å²) in [5.41, 5.74) is 7.73. The molecule has 5 rings (SSSR count). The molecule has 186 valence electrons. The average molecular weight is 495 g/mol. The number of para-hydroxylation sites is 3. The summed E-state index contributed by atoms with van der Waals surface area (Å²) in [6.45, 7) is 4.20. The number of carbonyl (C=O) groups is 1. The van der Waals surface area contributed by atoms with Gasteiger partial charge in [0.05, 0.1) is 0 Å². The Balaban J connectivity index is 1.41. The van der Waals surface area contributed by atoms with E-state index in [1.165, 1.54) is 6.08 Å². The summed E-state index contributed by atoms with van der Waals surface area (Å²) in [7, 11) is 0. The van der Waals surface area contributed by atoms with Crippen LogP contribution in [-0.4, -0.2) is 12.3 Å². The molecular formula is C35H30N2O. The lowest BCUT2D eigenvalue weighted by Crippen LogP contribution is -2.20. The van der Waals surface area contributed by atoms with Crippen molar-refractivity contribution in [3.8, 4) is 11.1 Å². The standard InChI is InChI=1S/C35H30N2O/c1-2-35(38)26-27-36(30-12-6-3-7-13-30)31-22-18-28(19-23-31)29-20-24-34(25-21-29)37(32-14-8-4-9-15-32)33-16-10-5-11-17-33/h2-25H,1,26-27H2. The van der Waals surface area contributed by atoms with Gasteiger partial charge in [-0.1, -0.05) is 85.4 Å². The first-order valence-corrected chi connectivity index (χ1v) is 12.8. The second-order valence-corrected chi connectivity index (χ2v) is 9.01. The highest BCUT2D eigenvalue weighted by atomic mass is 16.1. The third-order valence-corrected chi connectivity index (χ3v) is 6.54. The third kappa shape index (κ3) is 5.74. The van der Waals surface area contributed by atoms with Gasteiger partial charge in [0, 0.05) is 41.4 Å². The van der Waals surface area contributed by atoms with Crippen molar-refractivity contribution in [1.29, 1.82) is 0 Å². The molecular weight excluding hydrogens is 464 g/mol. The zero-order valence-corrected chi connectivity index (χ0v) is 21.3. The highest BCUT2D eigenvalue weighted by Gasteiger charge is 2.13. The highest BCUT2D eigenvalue weighted by molar-refractivity contribution is 5.89. The SMILES string of the molecule is C=CC(=O)CCN(c1ccccc1)c1ccc(-c2ccc(N(c3ccccc3)c3ccccc3)cc2)cc1. The van der Waals surface area contributed by atoms with Gasteiger partial charge < -0.3 is 9.80 Å². The lowest BCUT2D eigenvalue weighted by molar-refractivity contribution is -0.114. The molecule has 0 aliphatic heterocycles. The molecule has 5 aromatic rings. The van der Waals surface area contributed by atoms with E-state index in [-0.39, 0.29) is 5.78 Å². The summed E-state index contributed by atoms with van der Waals surface area (Å²) < 4.78 is 0.